The lowest BCUT2D eigenvalue weighted by atomic mass is 10.0. The van der Waals surface area contributed by atoms with E-state index >= 15 is 0 Å². The van der Waals surface area contributed by atoms with Crippen molar-refractivity contribution in [2.24, 2.45) is 5.16 Å². The first-order valence-electron chi connectivity index (χ1n) is 8.00. The number of carbonyl (C=O) groups is 1. The third-order valence-electron chi connectivity index (χ3n) is 3.70. The van der Waals surface area contributed by atoms with Gasteiger partial charge in [0, 0.05) is 24.3 Å². The molecule has 0 saturated carbocycles. The highest BCUT2D eigenvalue weighted by Gasteiger charge is 2.21. The molecule has 1 atom stereocenters. The molecule has 1 N–H and O–H groups in total. The van der Waals surface area contributed by atoms with Gasteiger partial charge in [-0.15, -0.1) is 0 Å². The molecule has 0 spiro atoms. The molecule has 0 saturated heterocycles. The Bertz CT molecular complexity index is 820. The molecule has 0 aromatic heterocycles. The fraction of sp³-hybridized carbons (Fsp3) is 0.200. The van der Waals surface area contributed by atoms with Crippen molar-refractivity contribution >= 4 is 11.6 Å². The molecular weight excluding hydrogens is 319 g/mol. The maximum absolute atomic E-state index is 12.9. The lowest BCUT2D eigenvalue weighted by Gasteiger charge is -2.07. The SMILES string of the molecule is O=C(C#Cc1ccccc1)NC[C@H]1CC(Cc2ccc(F)cc2)=NO1. The maximum Gasteiger partial charge on any atom is 0.296 e. The van der Waals surface area contributed by atoms with Crippen molar-refractivity contribution in [3.05, 3.63) is 71.5 Å². The van der Waals surface area contributed by atoms with E-state index in [1.165, 1.54) is 12.1 Å². The smallest absolute Gasteiger partial charge is 0.296 e. The fourth-order valence-corrected chi connectivity index (χ4v) is 2.44. The number of rotatable bonds is 4. The fourth-order valence-electron chi connectivity index (χ4n) is 2.44. The van der Waals surface area contributed by atoms with Gasteiger partial charge in [-0.05, 0) is 29.8 Å². The van der Waals surface area contributed by atoms with Crippen molar-refractivity contribution in [1.29, 1.82) is 0 Å². The first-order chi connectivity index (χ1) is 12.2. The average molecular weight is 336 g/mol. The highest BCUT2D eigenvalue weighted by molar-refractivity contribution is 5.94. The minimum absolute atomic E-state index is 0.196. The van der Waals surface area contributed by atoms with Gasteiger partial charge in [-0.2, -0.15) is 0 Å². The second kappa shape index (κ2) is 8.11. The standard InChI is InChI=1S/C20H17FN2O2/c21-17-9-6-16(7-10-17)12-18-13-19(25-23-18)14-22-20(24)11-8-15-4-2-1-3-5-15/h1-7,9-10,19H,12-14H2,(H,22,24)/t19-/m1/s1. The molecule has 2 aromatic rings. The molecule has 2 aromatic carbocycles. The predicted molar refractivity (Wildman–Crippen MR) is 93.4 cm³/mol. The Morgan fingerprint density at radius 3 is 2.72 bits per heavy atom. The molecular formula is C20H17FN2O2. The van der Waals surface area contributed by atoms with E-state index in [0.29, 0.717) is 19.4 Å². The summed E-state index contributed by atoms with van der Waals surface area (Å²) in [5.74, 6) is 4.75. The number of nitrogens with one attached hydrogen (secondary N) is 1. The Morgan fingerprint density at radius 1 is 1.20 bits per heavy atom. The van der Waals surface area contributed by atoms with Gasteiger partial charge in [0.1, 0.15) is 11.9 Å². The summed E-state index contributed by atoms with van der Waals surface area (Å²) in [7, 11) is 0. The molecule has 1 heterocycles. The molecule has 0 aliphatic carbocycles. The van der Waals surface area contributed by atoms with Crippen molar-refractivity contribution in [2.75, 3.05) is 6.54 Å². The average Bonchev–Trinajstić information content (AvgIpc) is 3.08. The molecule has 1 aliphatic heterocycles. The molecule has 0 unspecified atom stereocenters. The number of amides is 1. The molecule has 3 rings (SSSR count). The van der Waals surface area contributed by atoms with E-state index in [2.05, 4.69) is 22.3 Å². The lowest BCUT2D eigenvalue weighted by Crippen LogP contribution is -2.31. The van der Waals surface area contributed by atoms with Crippen LogP contribution in [0, 0.1) is 17.7 Å². The van der Waals surface area contributed by atoms with Gasteiger partial charge in [0.15, 0.2) is 0 Å². The van der Waals surface area contributed by atoms with Crippen molar-refractivity contribution in [3.63, 3.8) is 0 Å². The second-order valence-electron chi connectivity index (χ2n) is 5.72. The third-order valence-corrected chi connectivity index (χ3v) is 3.70. The molecule has 126 valence electrons. The minimum atomic E-state index is -0.348. The van der Waals surface area contributed by atoms with Crippen LogP contribution in [0.4, 0.5) is 4.39 Å². The Kier molecular flexibility index (Phi) is 5.43. The molecule has 0 fully saturated rings. The second-order valence-corrected chi connectivity index (χ2v) is 5.72. The van der Waals surface area contributed by atoms with Crippen molar-refractivity contribution in [2.45, 2.75) is 18.9 Å². The Hall–Kier alpha value is -3.13. The van der Waals surface area contributed by atoms with Crippen LogP contribution in [-0.2, 0) is 16.1 Å². The van der Waals surface area contributed by atoms with Gasteiger partial charge in [-0.1, -0.05) is 41.4 Å². The van der Waals surface area contributed by atoms with Gasteiger partial charge in [-0.3, -0.25) is 4.79 Å². The van der Waals surface area contributed by atoms with Gasteiger partial charge in [0.2, 0.25) is 0 Å². The minimum Gasteiger partial charge on any atom is -0.390 e. The summed E-state index contributed by atoms with van der Waals surface area (Å²) < 4.78 is 12.9. The summed E-state index contributed by atoms with van der Waals surface area (Å²) in [6, 6.07) is 15.6. The van der Waals surface area contributed by atoms with Crippen LogP contribution in [0.5, 0.6) is 0 Å². The van der Waals surface area contributed by atoms with Crippen molar-refractivity contribution in [3.8, 4) is 11.8 Å². The van der Waals surface area contributed by atoms with Gasteiger partial charge in [-0.25, -0.2) is 4.39 Å². The van der Waals surface area contributed by atoms with Crippen LogP contribution in [0.3, 0.4) is 0 Å². The zero-order valence-electron chi connectivity index (χ0n) is 13.5. The predicted octanol–water partition coefficient (Wildman–Crippen LogP) is 2.68. The third kappa shape index (κ3) is 5.18. The van der Waals surface area contributed by atoms with E-state index < -0.39 is 0 Å². The molecule has 4 nitrogen and oxygen atoms in total. The largest absolute Gasteiger partial charge is 0.390 e. The Labute approximate surface area is 145 Å². The van der Waals surface area contributed by atoms with Crippen LogP contribution in [0.25, 0.3) is 0 Å². The van der Waals surface area contributed by atoms with Gasteiger partial charge < -0.3 is 10.2 Å². The van der Waals surface area contributed by atoms with E-state index in [0.717, 1.165) is 16.8 Å². The lowest BCUT2D eigenvalue weighted by molar-refractivity contribution is -0.116. The summed E-state index contributed by atoms with van der Waals surface area (Å²) in [4.78, 5) is 17.1. The number of hydrogen-bond donors (Lipinski definition) is 1. The van der Waals surface area contributed by atoms with Crippen LogP contribution in [0.15, 0.2) is 59.8 Å². The number of benzene rings is 2. The van der Waals surface area contributed by atoms with Crippen LogP contribution in [-0.4, -0.2) is 24.3 Å². The summed E-state index contributed by atoms with van der Waals surface area (Å²) in [6.45, 7) is 0.346. The highest BCUT2D eigenvalue weighted by atomic mass is 19.1. The number of oxime groups is 1. The quantitative estimate of drug-likeness (QED) is 0.873. The molecule has 25 heavy (non-hydrogen) atoms. The number of nitrogens with zero attached hydrogens (tertiary/aromatic N) is 1. The number of carbonyl (C=O) groups excluding carboxylic acids is 1. The molecule has 1 amide bonds. The first-order valence-corrected chi connectivity index (χ1v) is 8.00. The Morgan fingerprint density at radius 2 is 1.96 bits per heavy atom. The van der Waals surface area contributed by atoms with E-state index in [1.54, 1.807) is 12.1 Å². The molecule has 0 bridgehead atoms. The number of hydrogen-bond acceptors (Lipinski definition) is 3. The number of halogens is 1. The summed E-state index contributed by atoms with van der Waals surface area (Å²) >= 11 is 0. The van der Waals surface area contributed by atoms with Crippen LogP contribution in [0.2, 0.25) is 0 Å². The molecule has 1 aliphatic rings. The zero-order chi connectivity index (χ0) is 17.5. The van der Waals surface area contributed by atoms with Gasteiger partial charge >= 0.3 is 0 Å². The first kappa shape index (κ1) is 16.7. The zero-order valence-corrected chi connectivity index (χ0v) is 13.5. The van der Waals surface area contributed by atoms with Crippen LogP contribution < -0.4 is 5.32 Å². The van der Waals surface area contributed by atoms with Crippen molar-refractivity contribution < 1.29 is 14.0 Å². The van der Waals surface area contributed by atoms with Crippen LogP contribution in [0.1, 0.15) is 17.5 Å². The van der Waals surface area contributed by atoms with E-state index in [1.807, 2.05) is 30.3 Å². The van der Waals surface area contributed by atoms with E-state index in [-0.39, 0.29) is 17.8 Å². The monoisotopic (exact) mass is 336 g/mol. The van der Waals surface area contributed by atoms with E-state index in [4.69, 9.17) is 4.84 Å². The summed E-state index contributed by atoms with van der Waals surface area (Å²) in [5.41, 5.74) is 2.64. The molecule has 5 heteroatoms. The topological polar surface area (TPSA) is 50.7 Å². The normalized spacial score (nSPS) is 15.6. The van der Waals surface area contributed by atoms with Gasteiger partial charge in [0.05, 0.1) is 12.3 Å². The van der Waals surface area contributed by atoms with Crippen LogP contribution >= 0.6 is 0 Å². The van der Waals surface area contributed by atoms with Crippen molar-refractivity contribution in [1.82, 2.24) is 5.32 Å². The Balaban J connectivity index is 1.42. The molecule has 0 radical (unpaired) electrons. The summed E-state index contributed by atoms with van der Waals surface area (Å²) in [6.07, 6.45) is 1.04. The van der Waals surface area contributed by atoms with Gasteiger partial charge in [0.25, 0.3) is 5.91 Å². The summed E-state index contributed by atoms with van der Waals surface area (Å²) in [5, 5.41) is 6.77. The highest BCUT2D eigenvalue weighted by Crippen LogP contribution is 2.14. The maximum atomic E-state index is 12.9. The van der Waals surface area contributed by atoms with E-state index in [9.17, 15) is 9.18 Å².